The predicted molar refractivity (Wildman–Crippen MR) is 106 cm³/mol. The predicted octanol–water partition coefficient (Wildman–Crippen LogP) is 4.82. The zero-order chi connectivity index (χ0) is 19.0. The summed E-state index contributed by atoms with van der Waals surface area (Å²) < 4.78 is 29.5. The molecule has 0 radical (unpaired) electrons. The summed E-state index contributed by atoms with van der Waals surface area (Å²) in [6.07, 6.45) is 7.18. The highest BCUT2D eigenvalue weighted by Gasteiger charge is 2.55. The summed E-state index contributed by atoms with van der Waals surface area (Å²) in [6, 6.07) is 0. The van der Waals surface area contributed by atoms with Gasteiger partial charge in [0.25, 0.3) is 0 Å². The average Bonchev–Trinajstić information content (AvgIpc) is 2.56. The molecule has 4 aliphatic carbocycles. The topological polar surface area (TPSA) is 37.4 Å². The molecule has 4 heteroatoms. The van der Waals surface area contributed by atoms with Gasteiger partial charge in [-0.2, -0.15) is 4.31 Å². The normalized spacial score (nSPS) is 33.3. The molecular weight excluding hydrogens is 342 g/mol. The lowest BCUT2D eigenvalue weighted by Gasteiger charge is -2.59. The minimum atomic E-state index is -3.49. The Morgan fingerprint density at radius 3 is 1.46 bits per heavy atom. The van der Waals surface area contributed by atoms with Crippen LogP contribution in [0.25, 0.3) is 0 Å². The van der Waals surface area contributed by atoms with Gasteiger partial charge in [-0.25, -0.2) is 8.42 Å². The van der Waals surface area contributed by atoms with Crippen LogP contribution in [0.5, 0.6) is 0 Å². The van der Waals surface area contributed by atoms with Crippen molar-refractivity contribution in [3.05, 3.63) is 27.8 Å². The molecule has 0 unspecified atom stereocenters. The molecule has 26 heavy (non-hydrogen) atoms. The van der Waals surface area contributed by atoms with Gasteiger partial charge in [-0.15, -0.1) is 0 Å². The maximum atomic E-state index is 13.8. The third-order valence-electron chi connectivity index (χ3n) is 8.22. The number of nitrogens with zero attached hydrogens (tertiary/aromatic N) is 1. The minimum absolute atomic E-state index is 0.140. The molecule has 0 spiro atoms. The van der Waals surface area contributed by atoms with Crippen molar-refractivity contribution in [2.45, 2.75) is 83.6 Å². The van der Waals surface area contributed by atoms with E-state index in [1.807, 2.05) is 25.2 Å². The van der Waals surface area contributed by atoms with Crippen molar-refractivity contribution in [3.8, 4) is 0 Å². The summed E-state index contributed by atoms with van der Waals surface area (Å²) in [4.78, 5) is 0.566. The molecule has 4 saturated carbocycles. The summed E-state index contributed by atoms with van der Waals surface area (Å²) in [5, 5.41) is 0. The monoisotopic (exact) mass is 375 g/mol. The lowest BCUT2D eigenvalue weighted by atomic mass is 9.53. The van der Waals surface area contributed by atoms with Crippen LogP contribution in [0.4, 0.5) is 0 Å². The maximum absolute atomic E-state index is 13.8. The smallest absolute Gasteiger partial charge is 0.207 e. The maximum Gasteiger partial charge on any atom is 0.243 e. The Kier molecular flexibility index (Phi) is 4.13. The lowest BCUT2D eigenvalue weighted by molar-refractivity contribution is -0.0496. The molecule has 0 amide bonds. The highest BCUT2D eigenvalue weighted by molar-refractivity contribution is 7.89. The molecule has 0 aromatic heterocycles. The highest BCUT2D eigenvalue weighted by atomic mass is 32.2. The molecule has 0 atom stereocenters. The molecule has 3 nitrogen and oxygen atoms in total. The van der Waals surface area contributed by atoms with Gasteiger partial charge >= 0.3 is 0 Å². The van der Waals surface area contributed by atoms with Gasteiger partial charge in [0.05, 0.1) is 4.90 Å². The number of hydrogen-bond donors (Lipinski definition) is 0. The second-order valence-electron chi connectivity index (χ2n) is 9.57. The van der Waals surface area contributed by atoms with E-state index in [0.29, 0.717) is 4.90 Å². The van der Waals surface area contributed by atoms with Crippen molar-refractivity contribution < 1.29 is 8.42 Å². The van der Waals surface area contributed by atoms with Gasteiger partial charge in [-0.3, -0.25) is 0 Å². The standard InChI is InChI=1S/C22H33NO2S/c1-13-14(2)16(4)21(17(5)15(13)3)26(24,25)23(6)22-10-18-7-19(11-22)9-20(8-18)12-22/h18-20H,7-12H2,1-6H3. The largest absolute Gasteiger partial charge is 0.243 e. The fourth-order valence-electron chi connectivity index (χ4n) is 6.69. The zero-order valence-electron chi connectivity index (χ0n) is 17.1. The summed E-state index contributed by atoms with van der Waals surface area (Å²) in [5.74, 6) is 2.22. The van der Waals surface area contributed by atoms with Crippen molar-refractivity contribution in [2.24, 2.45) is 17.8 Å². The summed E-state index contributed by atoms with van der Waals surface area (Å²) >= 11 is 0. The Morgan fingerprint density at radius 2 is 1.08 bits per heavy atom. The van der Waals surface area contributed by atoms with Gasteiger partial charge in [0.15, 0.2) is 0 Å². The van der Waals surface area contributed by atoms with Gasteiger partial charge < -0.3 is 0 Å². The Balaban J connectivity index is 1.81. The molecule has 4 fully saturated rings. The summed E-state index contributed by atoms with van der Waals surface area (Å²) in [5.41, 5.74) is 5.18. The second kappa shape index (κ2) is 5.81. The van der Waals surface area contributed by atoms with Crippen molar-refractivity contribution in [1.29, 1.82) is 0 Å². The zero-order valence-corrected chi connectivity index (χ0v) is 18.0. The molecule has 0 N–H and O–H groups in total. The summed E-state index contributed by atoms with van der Waals surface area (Å²) in [6.45, 7) is 10.2. The van der Waals surface area contributed by atoms with Gasteiger partial charge in [0.2, 0.25) is 10.0 Å². The SMILES string of the molecule is Cc1c(C)c(C)c(S(=O)(=O)N(C)C23CC4CC(CC(C4)C2)C3)c(C)c1C. The molecule has 1 aromatic rings. The van der Waals surface area contributed by atoms with Crippen molar-refractivity contribution in [3.63, 3.8) is 0 Å². The van der Waals surface area contributed by atoms with E-state index < -0.39 is 10.0 Å². The van der Waals surface area contributed by atoms with Crippen LogP contribution < -0.4 is 0 Å². The lowest BCUT2D eigenvalue weighted by Crippen LogP contribution is -2.60. The first-order valence-electron chi connectivity index (χ1n) is 10.1. The highest BCUT2D eigenvalue weighted by Crippen LogP contribution is 2.58. The first-order chi connectivity index (χ1) is 12.1. The molecule has 4 aliphatic rings. The van der Waals surface area contributed by atoms with Crippen LogP contribution in [0.3, 0.4) is 0 Å². The van der Waals surface area contributed by atoms with Crippen LogP contribution in [0, 0.1) is 52.4 Å². The van der Waals surface area contributed by atoms with Crippen molar-refractivity contribution in [1.82, 2.24) is 4.31 Å². The first-order valence-corrected chi connectivity index (χ1v) is 11.6. The van der Waals surface area contributed by atoms with Gasteiger partial charge in [-0.1, -0.05) is 0 Å². The average molecular weight is 376 g/mol. The molecular formula is C22H33NO2S. The number of sulfonamides is 1. The molecule has 0 saturated heterocycles. The number of benzene rings is 1. The molecule has 0 heterocycles. The quantitative estimate of drug-likeness (QED) is 0.760. The van der Waals surface area contributed by atoms with E-state index in [0.717, 1.165) is 59.3 Å². The van der Waals surface area contributed by atoms with Crippen molar-refractivity contribution >= 4 is 10.0 Å². The Hall–Kier alpha value is -0.870. The van der Waals surface area contributed by atoms with Crippen LogP contribution in [0.2, 0.25) is 0 Å². The fraction of sp³-hybridized carbons (Fsp3) is 0.727. The van der Waals surface area contributed by atoms with E-state index in [1.54, 1.807) is 0 Å². The molecule has 4 bridgehead atoms. The summed E-state index contributed by atoms with van der Waals surface area (Å²) in [7, 11) is -1.62. The van der Waals surface area contributed by atoms with E-state index in [4.69, 9.17) is 0 Å². The van der Waals surface area contributed by atoms with Gasteiger partial charge in [0.1, 0.15) is 0 Å². The third kappa shape index (κ3) is 2.44. The third-order valence-corrected chi connectivity index (χ3v) is 10.5. The van der Waals surface area contributed by atoms with Crippen molar-refractivity contribution in [2.75, 3.05) is 7.05 Å². The van der Waals surface area contributed by atoms with Crippen LogP contribution in [0.1, 0.15) is 66.3 Å². The molecule has 0 aliphatic heterocycles. The minimum Gasteiger partial charge on any atom is -0.207 e. The molecule has 5 rings (SSSR count). The van der Waals surface area contributed by atoms with Crippen LogP contribution in [-0.4, -0.2) is 25.3 Å². The molecule has 144 valence electrons. The Morgan fingerprint density at radius 1 is 0.731 bits per heavy atom. The van der Waals surface area contributed by atoms with Gasteiger partial charge in [-0.05, 0) is 119 Å². The fourth-order valence-corrected chi connectivity index (χ4v) is 8.78. The second-order valence-corrected chi connectivity index (χ2v) is 11.5. The molecule has 1 aromatic carbocycles. The van der Waals surface area contributed by atoms with Crippen LogP contribution >= 0.6 is 0 Å². The van der Waals surface area contributed by atoms with E-state index >= 15 is 0 Å². The number of hydrogen-bond acceptors (Lipinski definition) is 2. The van der Waals surface area contributed by atoms with Crippen LogP contribution in [-0.2, 0) is 10.0 Å². The van der Waals surface area contributed by atoms with Crippen LogP contribution in [0.15, 0.2) is 4.90 Å². The number of rotatable bonds is 3. The Labute approximate surface area is 159 Å². The van der Waals surface area contributed by atoms with E-state index in [-0.39, 0.29) is 5.54 Å². The first kappa shape index (κ1) is 18.5. The van der Waals surface area contributed by atoms with Gasteiger partial charge in [0, 0.05) is 12.6 Å². The van der Waals surface area contributed by atoms with E-state index in [9.17, 15) is 8.42 Å². The van der Waals surface area contributed by atoms with E-state index in [2.05, 4.69) is 20.8 Å². The Bertz CT molecular complexity index is 804. The van der Waals surface area contributed by atoms with E-state index in [1.165, 1.54) is 24.8 Å².